The molecule has 0 spiro atoms. The lowest BCUT2D eigenvalue weighted by Crippen LogP contribution is -2.16. The molecule has 1 N–H and O–H groups in total. The molecule has 2 atom stereocenters. The molecule has 0 saturated heterocycles. The van der Waals surface area contributed by atoms with Gasteiger partial charge < -0.3 is 9.63 Å². The number of hydrogen-bond donors (Lipinski definition) is 1. The predicted octanol–water partition coefficient (Wildman–Crippen LogP) is 1.96. The summed E-state index contributed by atoms with van der Waals surface area (Å²) in [6.45, 7) is 3.58. The summed E-state index contributed by atoms with van der Waals surface area (Å²) in [4.78, 5) is 0. The Hall–Kier alpha value is -0.630. The molecule has 0 saturated carbocycles. The van der Waals surface area contributed by atoms with Crippen molar-refractivity contribution in [1.29, 1.82) is 0 Å². The van der Waals surface area contributed by atoms with Crippen molar-refractivity contribution in [2.75, 3.05) is 6.61 Å². The molecule has 0 aromatic heterocycles. The number of aliphatic hydroxyl groups is 1. The molecule has 1 rings (SSSR count). The minimum Gasteiger partial charge on any atom is -0.383 e. The lowest BCUT2D eigenvalue weighted by molar-refractivity contribution is 0.230. The summed E-state index contributed by atoms with van der Waals surface area (Å²) in [5.41, 5.74) is 0. The van der Waals surface area contributed by atoms with Crippen molar-refractivity contribution in [2.24, 2.45) is 0 Å². The van der Waals surface area contributed by atoms with Crippen LogP contribution in [0.15, 0.2) is 30.3 Å². The van der Waals surface area contributed by atoms with Crippen LogP contribution in [0.4, 0.5) is 0 Å². The highest BCUT2D eigenvalue weighted by atomic mass is 31.2. The van der Waals surface area contributed by atoms with E-state index in [-0.39, 0.29) is 0 Å². The van der Waals surface area contributed by atoms with Crippen LogP contribution in [0.25, 0.3) is 0 Å². The first-order valence-electron chi connectivity index (χ1n) is 4.59. The third kappa shape index (κ3) is 2.24. The van der Waals surface area contributed by atoms with Crippen molar-refractivity contribution in [3.05, 3.63) is 30.3 Å². The Kier molecular flexibility index (Phi) is 3.87. The van der Waals surface area contributed by atoms with Gasteiger partial charge in [-0.3, -0.25) is 4.57 Å². The molecule has 0 aliphatic rings. The summed E-state index contributed by atoms with van der Waals surface area (Å²) in [6, 6.07) is 8.82. The lowest BCUT2D eigenvalue weighted by atomic mass is 10.4. The van der Waals surface area contributed by atoms with E-state index < -0.39 is 13.2 Å². The van der Waals surface area contributed by atoms with Gasteiger partial charge in [-0.05, 0) is 26.0 Å². The topological polar surface area (TPSA) is 46.5 Å². The highest BCUT2D eigenvalue weighted by Crippen LogP contribution is 2.49. The van der Waals surface area contributed by atoms with Crippen LogP contribution in [0.2, 0.25) is 0 Å². The van der Waals surface area contributed by atoms with E-state index in [4.69, 9.17) is 4.52 Å². The quantitative estimate of drug-likeness (QED) is 0.779. The van der Waals surface area contributed by atoms with Gasteiger partial charge in [0.25, 0.3) is 7.37 Å². The van der Waals surface area contributed by atoms with Crippen LogP contribution in [0, 0.1) is 0 Å². The Morgan fingerprint density at radius 2 is 2.00 bits per heavy atom. The SMILES string of the molecule is CCOP(=O)(c1ccccc1)C(C)O. The number of rotatable bonds is 4. The van der Waals surface area contributed by atoms with Gasteiger partial charge in [0.15, 0.2) is 0 Å². The fourth-order valence-electron chi connectivity index (χ4n) is 1.23. The van der Waals surface area contributed by atoms with Crippen LogP contribution >= 0.6 is 7.37 Å². The number of benzene rings is 1. The third-order valence-electron chi connectivity index (χ3n) is 1.93. The Morgan fingerprint density at radius 1 is 1.43 bits per heavy atom. The number of hydrogen-bond acceptors (Lipinski definition) is 3. The van der Waals surface area contributed by atoms with Gasteiger partial charge >= 0.3 is 0 Å². The van der Waals surface area contributed by atoms with E-state index in [1.165, 1.54) is 6.92 Å². The van der Waals surface area contributed by atoms with Crippen LogP contribution < -0.4 is 5.30 Å². The third-order valence-corrected chi connectivity index (χ3v) is 4.57. The average Bonchev–Trinajstić information content (AvgIpc) is 2.19. The van der Waals surface area contributed by atoms with Gasteiger partial charge in [0, 0.05) is 5.30 Å². The Bertz CT molecular complexity index is 321. The van der Waals surface area contributed by atoms with Gasteiger partial charge in [-0.1, -0.05) is 18.2 Å². The second kappa shape index (κ2) is 4.74. The second-order valence-corrected chi connectivity index (χ2v) is 5.70. The van der Waals surface area contributed by atoms with E-state index in [1.807, 2.05) is 6.07 Å². The molecule has 1 aromatic rings. The van der Waals surface area contributed by atoms with E-state index in [1.54, 1.807) is 31.2 Å². The first-order valence-corrected chi connectivity index (χ1v) is 6.28. The molecular weight excluding hydrogens is 199 g/mol. The maximum absolute atomic E-state index is 12.2. The average molecular weight is 214 g/mol. The van der Waals surface area contributed by atoms with Crippen molar-refractivity contribution < 1.29 is 14.2 Å². The Labute approximate surface area is 84.2 Å². The molecule has 0 fully saturated rings. The standard InChI is InChI=1S/C10H15O3P/c1-3-13-14(12,9(2)11)10-7-5-4-6-8-10/h4-9,11H,3H2,1-2H3. The van der Waals surface area contributed by atoms with Crippen molar-refractivity contribution in [3.63, 3.8) is 0 Å². The molecule has 1 aromatic carbocycles. The van der Waals surface area contributed by atoms with Gasteiger partial charge in [-0.15, -0.1) is 0 Å². The van der Waals surface area contributed by atoms with Crippen LogP contribution in [-0.4, -0.2) is 17.6 Å². The van der Waals surface area contributed by atoms with E-state index in [2.05, 4.69) is 0 Å². The van der Waals surface area contributed by atoms with Crippen LogP contribution in [-0.2, 0) is 9.09 Å². The maximum Gasteiger partial charge on any atom is 0.259 e. The first-order chi connectivity index (χ1) is 6.61. The first kappa shape index (κ1) is 11.4. The molecule has 78 valence electrons. The largest absolute Gasteiger partial charge is 0.383 e. The normalized spacial score (nSPS) is 17.4. The van der Waals surface area contributed by atoms with Gasteiger partial charge in [-0.2, -0.15) is 0 Å². The fourth-order valence-corrected chi connectivity index (χ4v) is 2.99. The van der Waals surface area contributed by atoms with Crippen molar-refractivity contribution in [2.45, 2.75) is 19.7 Å². The summed E-state index contributed by atoms with van der Waals surface area (Å²) >= 11 is 0. The van der Waals surface area contributed by atoms with Gasteiger partial charge in [-0.25, -0.2) is 0 Å². The summed E-state index contributed by atoms with van der Waals surface area (Å²) in [5.74, 6) is -0.968. The summed E-state index contributed by atoms with van der Waals surface area (Å²) in [7, 11) is -3.09. The van der Waals surface area contributed by atoms with Crippen LogP contribution in [0.1, 0.15) is 13.8 Å². The van der Waals surface area contributed by atoms with Gasteiger partial charge in [0.2, 0.25) is 0 Å². The Morgan fingerprint density at radius 3 is 2.43 bits per heavy atom. The van der Waals surface area contributed by atoms with Crippen molar-refractivity contribution in [3.8, 4) is 0 Å². The van der Waals surface area contributed by atoms with E-state index in [0.29, 0.717) is 11.9 Å². The molecule has 0 radical (unpaired) electrons. The number of aliphatic hydroxyl groups excluding tert-OH is 1. The zero-order chi connectivity index (χ0) is 10.6. The highest BCUT2D eigenvalue weighted by molar-refractivity contribution is 7.67. The van der Waals surface area contributed by atoms with E-state index in [0.717, 1.165) is 0 Å². The smallest absolute Gasteiger partial charge is 0.259 e. The molecule has 14 heavy (non-hydrogen) atoms. The summed E-state index contributed by atoms with van der Waals surface area (Å²) in [5, 5.41) is 10.0. The Balaban J connectivity index is 3.07. The molecule has 0 aliphatic heterocycles. The molecule has 0 heterocycles. The second-order valence-electron chi connectivity index (χ2n) is 2.98. The summed E-state index contributed by atoms with van der Waals surface area (Å²) in [6.07, 6.45) is 0. The lowest BCUT2D eigenvalue weighted by Gasteiger charge is -2.20. The van der Waals surface area contributed by atoms with Crippen LogP contribution in [0.3, 0.4) is 0 Å². The minimum atomic E-state index is -3.09. The predicted molar refractivity (Wildman–Crippen MR) is 57.0 cm³/mol. The molecular formula is C10H15O3P. The monoisotopic (exact) mass is 214 g/mol. The molecule has 0 aliphatic carbocycles. The zero-order valence-corrected chi connectivity index (χ0v) is 9.28. The van der Waals surface area contributed by atoms with Crippen molar-refractivity contribution in [1.82, 2.24) is 0 Å². The van der Waals surface area contributed by atoms with E-state index in [9.17, 15) is 9.67 Å². The molecule has 4 heteroatoms. The maximum atomic E-state index is 12.2. The van der Waals surface area contributed by atoms with Gasteiger partial charge in [0.1, 0.15) is 5.85 Å². The summed E-state index contributed by atoms with van der Waals surface area (Å²) < 4.78 is 17.4. The fraction of sp³-hybridized carbons (Fsp3) is 0.400. The molecule has 3 nitrogen and oxygen atoms in total. The zero-order valence-electron chi connectivity index (χ0n) is 8.38. The molecule has 0 amide bonds. The van der Waals surface area contributed by atoms with Gasteiger partial charge in [0.05, 0.1) is 6.61 Å². The van der Waals surface area contributed by atoms with E-state index >= 15 is 0 Å². The minimum absolute atomic E-state index is 0.330. The van der Waals surface area contributed by atoms with Crippen molar-refractivity contribution >= 4 is 12.7 Å². The highest BCUT2D eigenvalue weighted by Gasteiger charge is 2.30. The molecule has 0 bridgehead atoms. The molecule has 2 unspecified atom stereocenters. The van der Waals surface area contributed by atoms with Crippen LogP contribution in [0.5, 0.6) is 0 Å².